The van der Waals surface area contributed by atoms with E-state index in [4.69, 9.17) is 9.84 Å². The molecular formula is C9H15NO4. The Balaban J connectivity index is 2.61. The van der Waals surface area contributed by atoms with E-state index >= 15 is 0 Å². The van der Waals surface area contributed by atoms with Gasteiger partial charge in [0.25, 0.3) is 0 Å². The van der Waals surface area contributed by atoms with Gasteiger partial charge in [0.15, 0.2) is 5.54 Å². The van der Waals surface area contributed by atoms with E-state index in [9.17, 15) is 9.59 Å². The first kappa shape index (κ1) is 10.8. The maximum atomic E-state index is 11.5. The standard InChI is InChI=1S/C9H15NO4/c1-8(2,3)14-6(11)9(4)5-10(9)7(12)13/h5H2,1-4H3,(H,12,13). The molecule has 5 heteroatoms. The summed E-state index contributed by atoms with van der Waals surface area (Å²) in [5, 5.41) is 8.65. The highest BCUT2D eigenvalue weighted by molar-refractivity contribution is 5.90. The van der Waals surface area contributed by atoms with Crippen LogP contribution >= 0.6 is 0 Å². The Morgan fingerprint density at radius 2 is 1.93 bits per heavy atom. The van der Waals surface area contributed by atoms with Crippen molar-refractivity contribution < 1.29 is 19.4 Å². The van der Waals surface area contributed by atoms with E-state index in [0.29, 0.717) is 0 Å². The van der Waals surface area contributed by atoms with Crippen LogP contribution in [0.3, 0.4) is 0 Å². The summed E-state index contributed by atoms with van der Waals surface area (Å²) in [6.45, 7) is 7.04. The van der Waals surface area contributed by atoms with Gasteiger partial charge in [-0.3, -0.25) is 4.90 Å². The molecule has 1 rings (SSSR count). The molecule has 1 aliphatic rings. The molecule has 0 aliphatic carbocycles. The first-order valence-electron chi connectivity index (χ1n) is 4.41. The number of hydrogen-bond acceptors (Lipinski definition) is 3. The van der Waals surface area contributed by atoms with Crippen LogP contribution in [0.2, 0.25) is 0 Å². The molecule has 1 N–H and O–H groups in total. The molecule has 5 nitrogen and oxygen atoms in total. The number of carbonyl (C=O) groups excluding carboxylic acids is 1. The number of rotatable bonds is 1. The lowest BCUT2D eigenvalue weighted by molar-refractivity contribution is -0.158. The number of esters is 1. The third kappa shape index (κ3) is 1.97. The van der Waals surface area contributed by atoms with E-state index < -0.39 is 23.2 Å². The number of amides is 1. The molecule has 1 amide bonds. The predicted molar refractivity (Wildman–Crippen MR) is 49.0 cm³/mol. The van der Waals surface area contributed by atoms with Crippen LogP contribution < -0.4 is 0 Å². The molecule has 0 aromatic heterocycles. The highest BCUT2D eigenvalue weighted by Crippen LogP contribution is 2.34. The van der Waals surface area contributed by atoms with Crippen molar-refractivity contribution in [1.82, 2.24) is 4.90 Å². The van der Waals surface area contributed by atoms with Crippen molar-refractivity contribution in [3.8, 4) is 0 Å². The molecule has 1 aliphatic heterocycles. The smallest absolute Gasteiger partial charge is 0.408 e. The van der Waals surface area contributed by atoms with Crippen molar-refractivity contribution in [1.29, 1.82) is 0 Å². The number of carboxylic acid groups (broad SMARTS) is 1. The van der Waals surface area contributed by atoms with E-state index in [-0.39, 0.29) is 6.54 Å². The second-order valence-electron chi connectivity index (χ2n) is 4.64. The van der Waals surface area contributed by atoms with E-state index in [0.717, 1.165) is 4.90 Å². The number of nitrogens with zero attached hydrogens (tertiary/aromatic N) is 1. The highest BCUT2D eigenvalue weighted by atomic mass is 16.6. The summed E-state index contributed by atoms with van der Waals surface area (Å²) in [6.07, 6.45) is -1.08. The molecule has 1 atom stereocenters. The van der Waals surface area contributed by atoms with Crippen molar-refractivity contribution in [2.75, 3.05) is 6.54 Å². The Morgan fingerprint density at radius 3 is 2.21 bits per heavy atom. The summed E-state index contributed by atoms with van der Waals surface area (Å²) >= 11 is 0. The highest BCUT2D eigenvalue weighted by Gasteiger charge is 2.59. The minimum atomic E-state index is -1.08. The molecular weight excluding hydrogens is 186 g/mol. The van der Waals surface area contributed by atoms with Crippen LogP contribution in [0.1, 0.15) is 27.7 Å². The Bertz CT molecular complexity index is 281. The van der Waals surface area contributed by atoms with Crippen LogP contribution in [-0.4, -0.2) is 39.8 Å². The van der Waals surface area contributed by atoms with Gasteiger partial charge in [-0.25, -0.2) is 9.59 Å². The Labute approximate surface area is 82.6 Å². The Hall–Kier alpha value is -1.26. The molecule has 1 fully saturated rings. The molecule has 1 heterocycles. The number of ether oxygens (including phenoxy) is 1. The van der Waals surface area contributed by atoms with Crippen molar-refractivity contribution >= 4 is 12.1 Å². The van der Waals surface area contributed by atoms with Gasteiger partial charge in [0.05, 0.1) is 6.54 Å². The van der Waals surface area contributed by atoms with Crippen molar-refractivity contribution in [2.45, 2.75) is 38.8 Å². The zero-order chi connectivity index (χ0) is 11.1. The lowest BCUT2D eigenvalue weighted by atomic mass is 10.1. The minimum Gasteiger partial charge on any atom is -0.465 e. The first-order chi connectivity index (χ1) is 6.17. The maximum absolute atomic E-state index is 11.5. The molecule has 0 saturated carbocycles. The monoisotopic (exact) mass is 201 g/mol. The predicted octanol–water partition coefficient (Wildman–Crippen LogP) is 1.08. The van der Waals surface area contributed by atoms with Gasteiger partial charge in [0.2, 0.25) is 0 Å². The normalized spacial score (nSPS) is 25.9. The summed E-state index contributed by atoms with van der Waals surface area (Å²) in [7, 11) is 0. The van der Waals surface area contributed by atoms with Crippen molar-refractivity contribution in [3.05, 3.63) is 0 Å². The molecule has 1 unspecified atom stereocenters. The van der Waals surface area contributed by atoms with Crippen molar-refractivity contribution in [3.63, 3.8) is 0 Å². The average molecular weight is 201 g/mol. The Morgan fingerprint density at radius 1 is 1.43 bits per heavy atom. The summed E-state index contributed by atoms with van der Waals surface area (Å²) in [4.78, 5) is 23.2. The van der Waals surface area contributed by atoms with Crippen LogP contribution in [0.5, 0.6) is 0 Å². The third-order valence-electron chi connectivity index (χ3n) is 2.03. The van der Waals surface area contributed by atoms with Crippen LogP contribution in [-0.2, 0) is 9.53 Å². The summed E-state index contributed by atoms with van der Waals surface area (Å²) in [6, 6.07) is 0. The van der Waals surface area contributed by atoms with Gasteiger partial charge >= 0.3 is 12.1 Å². The molecule has 80 valence electrons. The van der Waals surface area contributed by atoms with E-state index in [2.05, 4.69) is 0 Å². The molecule has 0 aromatic rings. The molecule has 14 heavy (non-hydrogen) atoms. The average Bonchev–Trinajstić information content (AvgIpc) is 2.60. The van der Waals surface area contributed by atoms with Gasteiger partial charge in [-0.05, 0) is 27.7 Å². The maximum Gasteiger partial charge on any atom is 0.408 e. The van der Waals surface area contributed by atoms with Gasteiger partial charge in [-0.1, -0.05) is 0 Å². The van der Waals surface area contributed by atoms with E-state index in [1.807, 2.05) is 0 Å². The molecule has 0 aromatic carbocycles. The van der Waals surface area contributed by atoms with Gasteiger partial charge < -0.3 is 9.84 Å². The topological polar surface area (TPSA) is 66.6 Å². The fourth-order valence-corrected chi connectivity index (χ4v) is 1.11. The lowest BCUT2D eigenvalue weighted by Crippen LogP contribution is -2.36. The number of hydrogen-bond donors (Lipinski definition) is 1. The van der Waals surface area contributed by atoms with Gasteiger partial charge in [-0.15, -0.1) is 0 Å². The van der Waals surface area contributed by atoms with Crippen molar-refractivity contribution in [2.24, 2.45) is 0 Å². The largest absolute Gasteiger partial charge is 0.465 e. The minimum absolute atomic E-state index is 0.219. The fraction of sp³-hybridized carbons (Fsp3) is 0.778. The van der Waals surface area contributed by atoms with Crippen LogP contribution in [0.4, 0.5) is 4.79 Å². The molecule has 0 spiro atoms. The second-order valence-corrected chi connectivity index (χ2v) is 4.64. The number of carbonyl (C=O) groups is 2. The van der Waals surface area contributed by atoms with Gasteiger partial charge in [0, 0.05) is 0 Å². The Kier molecular flexibility index (Phi) is 2.21. The zero-order valence-corrected chi connectivity index (χ0v) is 8.83. The fourth-order valence-electron chi connectivity index (χ4n) is 1.11. The van der Waals surface area contributed by atoms with Crippen LogP contribution in [0.25, 0.3) is 0 Å². The molecule has 0 bridgehead atoms. The first-order valence-corrected chi connectivity index (χ1v) is 4.41. The zero-order valence-electron chi connectivity index (χ0n) is 8.83. The van der Waals surface area contributed by atoms with E-state index in [1.54, 1.807) is 27.7 Å². The van der Waals surface area contributed by atoms with Crippen LogP contribution in [0.15, 0.2) is 0 Å². The molecule has 0 radical (unpaired) electrons. The van der Waals surface area contributed by atoms with Crippen LogP contribution in [0, 0.1) is 0 Å². The SMILES string of the molecule is CC(C)(C)OC(=O)C1(C)CN1C(=O)O. The quantitative estimate of drug-likeness (QED) is 0.509. The molecule has 1 saturated heterocycles. The summed E-state index contributed by atoms with van der Waals surface area (Å²) in [5.41, 5.74) is -1.55. The van der Waals surface area contributed by atoms with Gasteiger partial charge in [0.1, 0.15) is 5.60 Å². The third-order valence-corrected chi connectivity index (χ3v) is 2.03. The van der Waals surface area contributed by atoms with E-state index in [1.165, 1.54) is 0 Å². The van der Waals surface area contributed by atoms with Gasteiger partial charge in [-0.2, -0.15) is 0 Å². The second kappa shape index (κ2) is 2.87. The summed E-state index contributed by atoms with van der Waals surface area (Å²) < 4.78 is 5.10. The summed E-state index contributed by atoms with van der Waals surface area (Å²) in [5.74, 6) is -0.479. The lowest BCUT2D eigenvalue weighted by Gasteiger charge is -2.21.